The van der Waals surface area contributed by atoms with Gasteiger partial charge in [-0.05, 0) is 43.9 Å². The van der Waals surface area contributed by atoms with E-state index in [-0.39, 0.29) is 5.92 Å². The van der Waals surface area contributed by atoms with Crippen LogP contribution < -0.4 is 4.90 Å². The number of halogens is 1. The van der Waals surface area contributed by atoms with Crippen LogP contribution in [0.5, 0.6) is 0 Å². The van der Waals surface area contributed by atoms with Crippen LogP contribution in [-0.4, -0.2) is 30.8 Å². The lowest BCUT2D eigenvalue weighted by Gasteiger charge is -2.26. The van der Waals surface area contributed by atoms with Crippen LogP contribution in [0.25, 0.3) is 0 Å². The molecule has 0 radical (unpaired) electrons. The molecule has 3 nitrogen and oxygen atoms in total. The molecule has 1 heterocycles. The Morgan fingerprint density at radius 2 is 2.17 bits per heavy atom. The fourth-order valence-electron chi connectivity index (χ4n) is 3.20. The summed E-state index contributed by atoms with van der Waals surface area (Å²) in [6.45, 7) is 7.67. The van der Waals surface area contributed by atoms with Crippen molar-refractivity contribution in [2.45, 2.75) is 32.4 Å². The topological polar surface area (TPSA) is 28.0 Å². The molecule has 1 aliphatic heterocycles. The third kappa shape index (κ3) is 2.82. The second-order valence-corrected chi connectivity index (χ2v) is 6.65. The molecule has 0 saturated heterocycles. The molecular formula is C19H22FN3. The van der Waals surface area contributed by atoms with E-state index in [0.29, 0.717) is 18.9 Å². The van der Waals surface area contributed by atoms with Gasteiger partial charge in [-0.15, -0.1) is 0 Å². The van der Waals surface area contributed by atoms with E-state index in [9.17, 15) is 4.39 Å². The molecule has 0 amide bonds. The van der Waals surface area contributed by atoms with Crippen molar-refractivity contribution >= 4 is 17.2 Å². The zero-order chi connectivity index (χ0) is 16.0. The summed E-state index contributed by atoms with van der Waals surface area (Å²) in [5.74, 6) is 1.62. The molecule has 0 spiro atoms. The first-order chi connectivity index (χ1) is 11.2. The van der Waals surface area contributed by atoms with Crippen LogP contribution in [0.15, 0.2) is 46.5 Å². The highest BCUT2D eigenvalue weighted by atomic mass is 19.1. The molecule has 1 aromatic carbocycles. The summed E-state index contributed by atoms with van der Waals surface area (Å²) in [4.78, 5) is 11.4. The Kier molecular flexibility index (Phi) is 3.55. The second-order valence-electron chi connectivity index (χ2n) is 6.65. The molecule has 0 aromatic heterocycles. The number of nitrogens with zero attached hydrogens (tertiary/aromatic N) is 3. The molecule has 1 aromatic rings. The minimum absolute atomic E-state index is 0.00719. The van der Waals surface area contributed by atoms with Gasteiger partial charge >= 0.3 is 0 Å². The van der Waals surface area contributed by atoms with Gasteiger partial charge in [0.1, 0.15) is 12.0 Å². The summed E-state index contributed by atoms with van der Waals surface area (Å²) < 4.78 is 13.4. The first-order valence-electron chi connectivity index (χ1n) is 8.50. The lowest BCUT2D eigenvalue weighted by atomic mass is 10.1. The van der Waals surface area contributed by atoms with Crippen molar-refractivity contribution in [3.05, 3.63) is 42.1 Å². The number of allylic oxidation sites excluding steroid dienone is 1. The quantitative estimate of drug-likeness (QED) is 0.780. The molecule has 3 aliphatic rings. The molecule has 2 fully saturated rings. The van der Waals surface area contributed by atoms with Crippen molar-refractivity contribution < 1.29 is 4.39 Å². The summed E-state index contributed by atoms with van der Waals surface area (Å²) in [5, 5.41) is 0. The van der Waals surface area contributed by atoms with E-state index < -0.39 is 6.17 Å². The Labute approximate surface area is 136 Å². The molecule has 4 rings (SSSR count). The van der Waals surface area contributed by atoms with Gasteiger partial charge in [-0.1, -0.05) is 18.7 Å². The van der Waals surface area contributed by atoms with Crippen LogP contribution in [0.2, 0.25) is 0 Å². The van der Waals surface area contributed by atoms with Crippen LogP contribution in [-0.2, 0) is 0 Å². The van der Waals surface area contributed by atoms with Gasteiger partial charge in [-0.2, -0.15) is 0 Å². The zero-order valence-corrected chi connectivity index (χ0v) is 13.5. The fraction of sp³-hybridized carbons (Fsp3) is 0.474. The lowest BCUT2D eigenvalue weighted by Crippen LogP contribution is -2.23. The van der Waals surface area contributed by atoms with Crippen LogP contribution in [0.1, 0.15) is 31.7 Å². The Morgan fingerprint density at radius 3 is 2.83 bits per heavy atom. The standard InChI is InChI=1S/C19H22FN3/c1-3-23(12(2)16-10-17(16)20)15-6-4-5-14(9-15)18-11-21-19(22-18)13-7-8-13/h4-6,9,13,16-17H,2-3,7-8,10-11H2,1H3. The summed E-state index contributed by atoms with van der Waals surface area (Å²) >= 11 is 0. The monoisotopic (exact) mass is 311 g/mol. The van der Waals surface area contributed by atoms with E-state index in [4.69, 9.17) is 4.99 Å². The maximum atomic E-state index is 13.4. The molecule has 120 valence electrons. The van der Waals surface area contributed by atoms with Crippen molar-refractivity contribution in [2.75, 3.05) is 18.0 Å². The summed E-state index contributed by atoms with van der Waals surface area (Å²) in [5.41, 5.74) is 4.11. The number of benzene rings is 1. The normalized spacial score (nSPS) is 25.8. The average Bonchev–Trinajstić information content (AvgIpc) is 3.48. The van der Waals surface area contributed by atoms with Gasteiger partial charge in [0, 0.05) is 29.8 Å². The fourth-order valence-corrected chi connectivity index (χ4v) is 3.20. The van der Waals surface area contributed by atoms with Crippen molar-refractivity contribution in [3.8, 4) is 0 Å². The van der Waals surface area contributed by atoms with E-state index >= 15 is 0 Å². The van der Waals surface area contributed by atoms with E-state index in [2.05, 4.69) is 41.6 Å². The van der Waals surface area contributed by atoms with Crippen molar-refractivity contribution in [1.29, 1.82) is 0 Å². The zero-order valence-electron chi connectivity index (χ0n) is 13.5. The molecular weight excluding hydrogens is 289 g/mol. The van der Waals surface area contributed by atoms with Gasteiger partial charge in [0.05, 0.1) is 12.3 Å². The van der Waals surface area contributed by atoms with Crippen LogP contribution in [0.3, 0.4) is 0 Å². The summed E-state index contributed by atoms with van der Waals surface area (Å²) in [6.07, 6.45) is 2.35. The number of aliphatic imine (C=N–C) groups is 2. The molecule has 2 saturated carbocycles. The van der Waals surface area contributed by atoms with Crippen molar-refractivity contribution in [1.82, 2.24) is 0 Å². The second kappa shape index (κ2) is 5.59. The summed E-state index contributed by atoms with van der Waals surface area (Å²) in [6, 6.07) is 8.32. The van der Waals surface area contributed by atoms with Crippen molar-refractivity contribution in [2.24, 2.45) is 21.8 Å². The number of rotatable bonds is 6. The first-order valence-corrected chi connectivity index (χ1v) is 8.50. The molecule has 2 aliphatic carbocycles. The summed E-state index contributed by atoms with van der Waals surface area (Å²) in [7, 11) is 0. The van der Waals surface area contributed by atoms with Crippen LogP contribution in [0, 0.1) is 11.8 Å². The molecule has 0 bridgehead atoms. The first kappa shape index (κ1) is 14.6. The third-order valence-electron chi connectivity index (χ3n) is 4.88. The van der Waals surface area contributed by atoms with Crippen LogP contribution in [0.4, 0.5) is 10.1 Å². The smallest absolute Gasteiger partial charge is 0.127 e. The van der Waals surface area contributed by atoms with Gasteiger partial charge in [0.15, 0.2) is 0 Å². The molecule has 2 atom stereocenters. The number of hydrogen-bond acceptors (Lipinski definition) is 3. The number of anilines is 1. The van der Waals surface area contributed by atoms with E-state index in [1.165, 1.54) is 12.8 Å². The number of amidine groups is 1. The van der Waals surface area contributed by atoms with Gasteiger partial charge in [0.2, 0.25) is 0 Å². The van der Waals surface area contributed by atoms with Gasteiger partial charge in [-0.25, -0.2) is 9.38 Å². The maximum Gasteiger partial charge on any atom is 0.127 e. The Bertz CT molecular complexity index is 702. The Morgan fingerprint density at radius 1 is 1.39 bits per heavy atom. The minimum Gasteiger partial charge on any atom is -0.346 e. The van der Waals surface area contributed by atoms with Crippen LogP contribution >= 0.6 is 0 Å². The van der Waals surface area contributed by atoms with Gasteiger partial charge in [-0.3, -0.25) is 4.99 Å². The van der Waals surface area contributed by atoms with Gasteiger partial charge in [0.25, 0.3) is 0 Å². The van der Waals surface area contributed by atoms with Gasteiger partial charge < -0.3 is 4.90 Å². The predicted octanol–water partition coefficient (Wildman–Crippen LogP) is 4.00. The highest BCUT2D eigenvalue weighted by Gasteiger charge is 2.41. The SMILES string of the molecule is C=C(C1CC1F)N(CC)c1cccc(C2=NC(C3CC3)=NC2)c1. The highest BCUT2D eigenvalue weighted by Crippen LogP contribution is 2.42. The Balaban J connectivity index is 1.56. The minimum atomic E-state index is -0.714. The molecule has 4 heteroatoms. The van der Waals surface area contributed by atoms with E-state index in [1.54, 1.807) is 0 Å². The lowest BCUT2D eigenvalue weighted by molar-refractivity contribution is 0.457. The number of hydrogen-bond donors (Lipinski definition) is 0. The number of alkyl halides is 1. The third-order valence-corrected chi connectivity index (χ3v) is 4.88. The Hall–Kier alpha value is -1.97. The molecule has 2 unspecified atom stereocenters. The highest BCUT2D eigenvalue weighted by molar-refractivity contribution is 6.13. The maximum absolute atomic E-state index is 13.4. The predicted molar refractivity (Wildman–Crippen MR) is 93.2 cm³/mol. The average molecular weight is 311 g/mol. The van der Waals surface area contributed by atoms with E-state index in [0.717, 1.165) is 35.0 Å². The van der Waals surface area contributed by atoms with E-state index in [1.807, 2.05) is 6.07 Å². The molecule has 0 N–H and O–H groups in total. The molecule has 23 heavy (non-hydrogen) atoms. The largest absolute Gasteiger partial charge is 0.346 e. The van der Waals surface area contributed by atoms with Crippen molar-refractivity contribution in [3.63, 3.8) is 0 Å².